The van der Waals surface area contributed by atoms with E-state index in [0.717, 1.165) is 50.7 Å². The van der Waals surface area contributed by atoms with Crippen molar-refractivity contribution in [1.29, 1.82) is 0 Å². The van der Waals surface area contributed by atoms with Gasteiger partial charge in [-0.25, -0.2) is 9.97 Å². The third-order valence-corrected chi connectivity index (χ3v) is 5.26. The standard InChI is InChI=1S/C23H17N5O/c1-2-28-20-11-14(7-8-16(20)13-24-28)15-9-10-19-21(12-15)29-23(27-19)22-25-17-5-3-4-6-18(17)26-22/h3-13H,2H2,1H3,(H,25,26). The molecule has 0 unspecified atom stereocenters. The molecule has 0 amide bonds. The van der Waals surface area contributed by atoms with Gasteiger partial charge in [-0.15, -0.1) is 0 Å². The molecule has 0 bridgehead atoms. The molecule has 0 atom stereocenters. The number of hydrogen-bond donors (Lipinski definition) is 1. The summed E-state index contributed by atoms with van der Waals surface area (Å²) in [5, 5.41) is 5.57. The zero-order valence-corrected chi connectivity index (χ0v) is 15.8. The minimum absolute atomic E-state index is 0.493. The van der Waals surface area contributed by atoms with Gasteiger partial charge in [-0.3, -0.25) is 4.68 Å². The first kappa shape index (κ1) is 16.1. The lowest BCUT2D eigenvalue weighted by molar-refractivity contribution is 0.614. The highest BCUT2D eigenvalue weighted by Crippen LogP contribution is 2.30. The molecule has 0 fully saturated rings. The van der Waals surface area contributed by atoms with Crippen LogP contribution in [-0.2, 0) is 6.54 Å². The first-order chi connectivity index (χ1) is 14.3. The summed E-state index contributed by atoms with van der Waals surface area (Å²) < 4.78 is 8.05. The Hall–Kier alpha value is -3.93. The molecule has 6 rings (SSSR count). The number of rotatable bonds is 3. The molecule has 140 valence electrons. The Labute approximate surface area is 165 Å². The smallest absolute Gasteiger partial charge is 0.264 e. The molecule has 0 aliphatic rings. The molecule has 0 spiro atoms. The maximum absolute atomic E-state index is 6.04. The topological polar surface area (TPSA) is 72.5 Å². The van der Waals surface area contributed by atoms with Crippen molar-refractivity contribution in [3.05, 3.63) is 66.9 Å². The number of nitrogens with one attached hydrogen (secondary N) is 1. The summed E-state index contributed by atoms with van der Waals surface area (Å²) in [6, 6.07) is 20.4. The number of aryl methyl sites for hydroxylation is 1. The second kappa shape index (κ2) is 6.04. The summed E-state index contributed by atoms with van der Waals surface area (Å²) >= 11 is 0. The summed E-state index contributed by atoms with van der Waals surface area (Å²) in [5.74, 6) is 1.13. The zero-order chi connectivity index (χ0) is 19.4. The molecule has 3 aromatic carbocycles. The maximum atomic E-state index is 6.04. The lowest BCUT2D eigenvalue weighted by Crippen LogP contribution is -1.95. The summed E-state index contributed by atoms with van der Waals surface area (Å²) in [6.07, 6.45) is 1.90. The third kappa shape index (κ3) is 2.53. The number of aromatic amines is 1. The van der Waals surface area contributed by atoms with E-state index in [1.54, 1.807) is 0 Å². The largest absolute Gasteiger partial charge is 0.434 e. The maximum Gasteiger partial charge on any atom is 0.264 e. The summed E-state index contributed by atoms with van der Waals surface area (Å²) in [4.78, 5) is 12.5. The van der Waals surface area contributed by atoms with Crippen LogP contribution in [0, 0.1) is 0 Å². The third-order valence-electron chi connectivity index (χ3n) is 5.26. The van der Waals surface area contributed by atoms with Crippen LogP contribution in [0.1, 0.15) is 6.92 Å². The molecule has 6 heteroatoms. The number of para-hydroxylation sites is 2. The van der Waals surface area contributed by atoms with Crippen LogP contribution in [0.25, 0.3) is 55.9 Å². The average molecular weight is 379 g/mol. The van der Waals surface area contributed by atoms with Gasteiger partial charge in [0.25, 0.3) is 5.89 Å². The molecule has 6 aromatic rings. The fraction of sp³-hybridized carbons (Fsp3) is 0.0870. The van der Waals surface area contributed by atoms with Gasteiger partial charge in [-0.05, 0) is 48.4 Å². The van der Waals surface area contributed by atoms with Gasteiger partial charge in [0.05, 0.1) is 22.7 Å². The van der Waals surface area contributed by atoms with Gasteiger partial charge in [0.15, 0.2) is 11.4 Å². The van der Waals surface area contributed by atoms with E-state index in [-0.39, 0.29) is 0 Å². The van der Waals surface area contributed by atoms with E-state index in [0.29, 0.717) is 11.7 Å². The second-order valence-corrected chi connectivity index (χ2v) is 7.04. The molecule has 3 heterocycles. The molecule has 6 nitrogen and oxygen atoms in total. The van der Waals surface area contributed by atoms with Gasteiger partial charge in [0, 0.05) is 11.9 Å². The molecule has 0 radical (unpaired) electrons. The average Bonchev–Trinajstić information content (AvgIpc) is 3.47. The minimum Gasteiger partial charge on any atom is -0.434 e. The predicted octanol–water partition coefficient (Wildman–Crippen LogP) is 5.41. The van der Waals surface area contributed by atoms with Crippen molar-refractivity contribution in [1.82, 2.24) is 24.7 Å². The van der Waals surface area contributed by atoms with Gasteiger partial charge in [0.2, 0.25) is 0 Å². The van der Waals surface area contributed by atoms with Crippen LogP contribution >= 0.6 is 0 Å². The van der Waals surface area contributed by atoms with E-state index in [9.17, 15) is 0 Å². The highest BCUT2D eigenvalue weighted by molar-refractivity contribution is 5.87. The Morgan fingerprint density at radius 3 is 2.69 bits per heavy atom. The fourth-order valence-corrected chi connectivity index (χ4v) is 3.76. The number of fused-ring (bicyclic) bond motifs is 3. The van der Waals surface area contributed by atoms with E-state index in [4.69, 9.17) is 4.42 Å². The van der Waals surface area contributed by atoms with E-state index in [2.05, 4.69) is 51.2 Å². The number of H-pyrrole nitrogens is 1. The van der Waals surface area contributed by atoms with Gasteiger partial charge in [0.1, 0.15) is 5.52 Å². The quantitative estimate of drug-likeness (QED) is 0.446. The van der Waals surface area contributed by atoms with Crippen molar-refractivity contribution in [2.45, 2.75) is 13.5 Å². The number of oxazole rings is 1. The van der Waals surface area contributed by atoms with Gasteiger partial charge >= 0.3 is 0 Å². The number of benzene rings is 3. The number of hydrogen-bond acceptors (Lipinski definition) is 4. The first-order valence-electron chi connectivity index (χ1n) is 9.60. The van der Waals surface area contributed by atoms with E-state index < -0.39 is 0 Å². The lowest BCUT2D eigenvalue weighted by atomic mass is 10.0. The van der Waals surface area contributed by atoms with Crippen molar-refractivity contribution in [2.75, 3.05) is 0 Å². The number of imidazole rings is 1. The van der Waals surface area contributed by atoms with Crippen molar-refractivity contribution in [2.24, 2.45) is 0 Å². The Balaban J connectivity index is 1.45. The highest BCUT2D eigenvalue weighted by atomic mass is 16.3. The Kier molecular flexibility index (Phi) is 3.34. The monoisotopic (exact) mass is 379 g/mol. The van der Waals surface area contributed by atoms with E-state index >= 15 is 0 Å². The Morgan fingerprint density at radius 2 is 1.79 bits per heavy atom. The van der Waals surface area contributed by atoms with Crippen LogP contribution in [-0.4, -0.2) is 24.7 Å². The van der Waals surface area contributed by atoms with Crippen LogP contribution in [0.2, 0.25) is 0 Å². The number of nitrogens with zero attached hydrogens (tertiary/aromatic N) is 4. The normalized spacial score (nSPS) is 11.8. The summed E-state index contributed by atoms with van der Waals surface area (Å²) in [5.41, 5.74) is 6.74. The Morgan fingerprint density at radius 1 is 0.931 bits per heavy atom. The van der Waals surface area contributed by atoms with Crippen molar-refractivity contribution in [3.8, 4) is 22.8 Å². The summed E-state index contributed by atoms with van der Waals surface area (Å²) in [7, 11) is 0. The zero-order valence-electron chi connectivity index (χ0n) is 15.8. The van der Waals surface area contributed by atoms with Gasteiger partial charge < -0.3 is 9.40 Å². The SMILES string of the molecule is CCn1ncc2ccc(-c3ccc4nc(-c5nc6ccccc6[nH]5)oc4c3)cc21. The Bertz CT molecular complexity index is 1470. The molecule has 1 N–H and O–H groups in total. The first-order valence-corrected chi connectivity index (χ1v) is 9.60. The molecule has 3 aromatic heterocycles. The van der Waals surface area contributed by atoms with Crippen molar-refractivity contribution in [3.63, 3.8) is 0 Å². The fourth-order valence-electron chi connectivity index (χ4n) is 3.76. The molecule has 0 aliphatic heterocycles. The van der Waals surface area contributed by atoms with Crippen LogP contribution in [0.15, 0.2) is 71.3 Å². The highest BCUT2D eigenvalue weighted by Gasteiger charge is 2.13. The predicted molar refractivity (Wildman–Crippen MR) is 113 cm³/mol. The van der Waals surface area contributed by atoms with Crippen molar-refractivity contribution < 1.29 is 4.42 Å². The number of aromatic nitrogens is 5. The minimum atomic E-state index is 0.493. The molecule has 0 saturated carbocycles. The molecule has 29 heavy (non-hydrogen) atoms. The molecule has 0 saturated heterocycles. The van der Waals surface area contributed by atoms with Crippen molar-refractivity contribution >= 4 is 33.0 Å². The molecular weight excluding hydrogens is 362 g/mol. The second-order valence-electron chi connectivity index (χ2n) is 7.04. The van der Waals surface area contributed by atoms with E-state index in [1.807, 2.05) is 47.3 Å². The molecule has 0 aliphatic carbocycles. The lowest BCUT2D eigenvalue weighted by Gasteiger charge is -2.04. The van der Waals surface area contributed by atoms with E-state index in [1.165, 1.54) is 0 Å². The van der Waals surface area contributed by atoms with Gasteiger partial charge in [-0.1, -0.05) is 30.3 Å². The van der Waals surface area contributed by atoms with Crippen LogP contribution in [0.4, 0.5) is 0 Å². The van der Waals surface area contributed by atoms with Gasteiger partial charge in [-0.2, -0.15) is 5.10 Å². The summed E-state index contributed by atoms with van der Waals surface area (Å²) in [6.45, 7) is 2.94. The van der Waals surface area contributed by atoms with Crippen LogP contribution in [0.3, 0.4) is 0 Å². The van der Waals surface area contributed by atoms with Crippen LogP contribution < -0.4 is 0 Å². The molecular formula is C23H17N5O. The van der Waals surface area contributed by atoms with Crippen LogP contribution in [0.5, 0.6) is 0 Å².